The summed E-state index contributed by atoms with van der Waals surface area (Å²) in [5.41, 5.74) is 1.74. The molecule has 0 atom stereocenters. The maximum absolute atomic E-state index is 12.3. The molecule has 0 spiro atoms. The molecule has 112 valence electrons. The molecule has 0 saturated carbocycles. The average Bonchev–Trinajstić information content (AvgIpc) is 2.75. The number of aromatic nitrogens is 2. The van der Waals surface area contributed by atoms with Gasteiger partial charge in [-0.05, 0) is 24.3 Å². The Kier molecular flexibility index (Phi) is 4.30. The number of rotatable bonds is 2. The quantitative estimate of drug-likeness (QED) is 0.895. The second kappa shape index (κ2) is 5.70. The van der Waals surface area contributed by atoms with Gasteiger partial charge in [0.25, 0.3) is 5.91 Å². The summed E-state index contributed by atoms with van der Waals surface area (Å²) in [7, 11) is 1.74. The molecule has 1 heterocycles. The van der Waals surface area contributed by atoms with E-state index < -0.39 is 0 Å². The van der Waals surface area contributed by atoms with Crippen LogP contribution in [0.15, 0.2) is 24.3 Å². The molecule has 1 N–H and O–H groups in total. The smallest absolute Gasteiger partial charge is 0.273 e. The van der Waals surface area contributed by atoms with Gasteiger partial charge >= 0.3 is 0 Å². The summed E-state index contributed by atoms with van der Waals surface area (Å²) in [5, 5.41) is 8.07. The molecule has 0 saturated heterocycles. The molecule has 6 heteroatoms. The van der Waals surface area contributed by atoms with E-state index in [4.69, 9.17) is 23.2 Å². The van der Waals surface area contributed by atoms with E-state index in [9.17, 15) is 4.79 Å². The molecule has 2 rings (SSSR count). The van der Waals surface area contributed by atoms with Crippen molar-refractivity contribution in [3.8, 4) is 0 Å². The fourth-order valence-electron chi connectivity index (χ4n) is 1.82. The molecule has 1 aromatic carbocycles. The summed E-state index contributed by atoms with van der Waals surface area (Å²) in [6.45, 7) is 6.15. The lowest BCUT2D eigenvalue weighted by atomic mass is 9.92. The SMILES string of the molecule is Cn1nc(C(C)(C)C)cc1C(=O)Nc1ccc(Cl)cc1Cl. The first-order valence-electron chi connectivity index (χ1n) is 6.49. The highest BCUT2D eigenvalue weighted by molar-refractivity contribution is 6.36. The molecule has 21 heavy (non-hydrogen) atoms. The number of benzene rings is 1. The molecule has 4 nitrogen and oxygen atoms in total. The van der Waals surface area contributed by atoms with Crippen LogP contribution in [0, 0.1) is 0 Å². The molecule has 1 aromatic heterocycles. The molecule has 0 aliphatic rings. The highest BCUT2D eigenvalue weighted by atomic mass is 35.5. The zero-order chi connectivity index (χ0) is 15.8. The lowest BCUT2D eigenvalue weighted by Gasteiger charge is -2.13. The summed E-state index contributed by atoms with van der Waals surface area (Å²) >= 11 is 11.9. The van der Waals surface area contributed by atoms with Crippen LogP contribution in [0.1, 0.15) is 37.0 Å². The molecule has 2 aromatic rings. The summed E-state index contributed by atoms with van der Waals surface area (Å²) in [6.07, 6.45) is 0. The fraction of sp³-hybridized carbons (Fsp3) is 0.333. The first-order chi connectivity index (χ1) is 9.68. The van der Waals surface area contributed by atoms with E-state index in [0.29, 0.717) is 21.4 Å². The van der Waals surface area contributed by atoms with Crippen molar-refractivity contribution in [2.24, 2.45) is 7.05 Å². The molecule has 0 aliphatic carbocycles. The lowest BCUT2D eigenvalue weighted by molar-refractivity contribution is 0.101. The van der Waals surface area contributed by atoms with Gasteiger partial charge in [0.05, 0.1) is 16.4 Å². The number of aryl methyl sites for hydroxylation is 1. The Morgan fingerprint density at radius 1 is 1.24 bits per heavy atom. The Hall–Kier alpha value is -1.52. The number of halogens is 2. The first kappa shape index (κ1) is 15.9. The van der Waals surface area contributed by atoms with Gasteiger partial charge in [0.2, 0.25) is 0 Å². The monoisotopic (exact) mass is 325 g/mol. The zero-order valence-corrected chi connectivity index (χ0v) is 13.9. The number of amides is 1. The third-order valence-corrected chi connectivity index (χ3v) is 3.61. The van der Waals surface area contributed by atoms with Gasteiger partial charge in [-0.15, -0.1) is 0 Å². The highest BCUT2D eigenvalue weighted by Gasteiger charge is 2.22. The number of hydrogen-bond acceptors (Lipinski definition) is 2. The van der Waals surface area contributed by atoms with Crippen molar-refractivity contribution in [2.45, 2.75) is 26.2 Å². The van der Waals surface area contributed by atoms with Crippen LogP contribution < -0.4 is 5.32 Å². The number of anilines is 1. The van der Waals surface area contributed by atoms with Gasteiger partial charge in [-0.2, -0.15) is 5.10 Å². The van der Waals surface area contributed by atoms with Gasteiger partial charge in [0, 0.05) is 17.5 Å². The molecule has 0 bridgehead atoms. The normalized spacial score (nSPS) is 11.5. The van der Waals surface area contributed by atoms with Crippen LogP contribution in [-0.4, -0.2) is 15.7 Å². The maximum Gasteiger partial charge on any atom is 0.273 e. The predicted octanol–water partition coefficient (Wildman–Crippen LogP) is 4.28. The molecule has 0 aliphatic heterocycles. The Morgan fingerprint density at radius 2 is 1.90 bits per heavy atom. The van der Waals surface area contributed by atoms with Gasteiger partial charge in [0.15, 0.2) is 0 Å². The standard InChI is InChI=1S/C15H17Cl2N3O/c1-15(2,3)13-8-12(20(4)19-13)14(21)18-11-6-5-9(16)7-10(11)17/h5-8H,1-4H3,(H,18,21). The lowest BCUT2D eigenvalue weighted by Crippen LogP contribution is -2.16. The van der Waals surface area contributed by atoms with E-state index in [1.807, 2.05) is 20.8 Å². The maximum atomic E-state index is 12.3. The van der Waals surface area contributed by atoms with Crippen molar-refractivity contribution < 1.29 is 4.79 Å². The van der Waals surface area contributed by atoms with Gasteiger partial charge in [0.1, 0.15) is 5.69 Å². The predicted molar refractivity (Wildman–Crippen MR) is 86.3 cm³/mol. The van der Waals surface area contributed by atoms with Gasteiger partial charge in [-0.1, -0.05) is 44.0 Å². The van der Waals surface area contributed by atoms with Crippen molar-refractivity contribution >= 4 is 34.8 Å². The third-order valence-electron chi connectivity index (χ3n) is 3.06. The van der Waals surface area contributed by atoms with E-state index in [1.54, 1.807) is 36.0 Å². The van der Waals surface area contributed by atoms with E-state index in [-0.39, 0.29) is 11.3 Å². The van der Waals surface area contributed by atoms with E-state index in [0.717, 1.165) is 5.69 Å². The number of hydrogen-bond donors (Lipinski definition) is 1. The van der Waals surface area contributed by atoms with Crippen LogP contribution in [0.5, 0.6) is 0 Å². The van der Waals surface area contributed by atoms with Crippen molar-refractivity contribution in [1.29, 1.82) is 0 Å². The van der Waals surface area contributed by atoms with Crippen LogP contribution >= 0.6 is 23.2 Å². The average molecular weight is 326 g/mol. The van der Waals surface area contributed by atoms with Crippen molar-refractivity contribution in [3.05, 3.63) is 45.7 Å². The second-order valence-corrected chi connectivity index (χ2v) is 6.71. The second-order valence-electron chi connectivity index (χ2n) is 5.87. The molecular weight excluding hydrogens is 309 g/mol. The summed E-state index contributed by atoms with van der Waals surface area (Å²) in [6, 6.07) is 6.72. The van der Waals surface area contributed by atoms with E-state index >= 15 is 0 Å². The van der Waals surface area contributed by atoms with E-state index in [1.165, 1.54) is 0 Å². The van der Waals surface area contributed by atoms with Crippen LogP contribution in [0.2, 0.25) is 10.0 Å². The minimum absolute atomic E-state index is 0.117. The summed E-state index contributed by atoms with van der Waals surface area (Å²) in [5.74, 6) is -0.260. The number of nitrogens with zero attached hydrogens (tertiary/aromatic N) is 2. The summed E-state index contributed by atoms with van der Waals surface area (Å²) < 4.78 is 1.57. The van der Waals surface area contributed by atoms with Crippen molar-refractivity contribution in [2.75, 3.05) is 5.32 Å². The molecule has 0 radical (unpaired) electrons. The Morgan fingerprint density at radius 3 is 2.43 bits per heavy atom. The van der Waals surface area contributed by atoms with E-state index in [2.05, 4.69) is 10.4 Å². The fourth-order valence-corrected chi connectivity index (χ4v) is 2.28. The first-order valence-corrected chi connectivity index (χ1v) is 7.25. The van der Waals surface area contributed by atoms with Gasteiger partial charge < -0.3 is 5.32 Å². The van der Waals surface area contributed by atoms with Crippen LogP contribution in [0.4, 0.5) is 5.69 Å². The topological polar surface area (TPSA) is 46.9 Å². The summed E-state index contributed by atoms with van der Waals surface area (Å²) in [4.78, 5) is 12.3. The highest BCUT2D eigenvalue weighted by Crippen LogP contribution is 2.26. The zero-order valence-electron chi connectivity index (χ0n) is 12.4. The number of carbonyl (C=O) groups is 1. The minimum atomic E-state index is -0.260. The van der Waals surface area contributed by atoms with Crippen molar-refractivity contribution in [1.82, 2.24) is 9.78 Å². The minimum Gasteiger partial charge on any atom is -0.319 e. The largest absolute Gasteiger partial charge is 0.319 e. The van der Waals surface area contributed by atoms with Crippen LogP contribution in [0.3, 0.4) is 0 Å². The number of carbonyl (C=O) groups excluding carboxylic acids is 1. The van der Waals surface area contributed by atoms with Gasteiger partial charge in [-0.25, -0.2) is 0 Å². The molecular formula is C15H17Cl2N3O. The van der Waals surface area contributed by atoms with Crippen LogP contribution in [0.25, 0.3) is 0 Å². The number of nitrogens with one attached hydrogen (secondary N) is 1. The Balaban J connectivity index is 2.27. The van der Waals surface area contributed by atoms with Gasteiger partial charge in [-0.3, -0.25) is 9.48 Å². The Bertz CT molecular complexity index is 687. The molecule has 0 fully saturated rings. The molecule has 1 amide bonds. The molecule has 0 unspecified atom stereocenters. The third kappa shape index (κ3) is 3.57. The van der Waals surface area contributed by atoms with Crippen LogP contribution in [-0.2, 0) is 12.5 Å². The van der Waals surface area contributed by atoms with Crippen molar-refractivity contribution in [3.63, 3.8) is 0 Å². The Labute approximate surface area is 134 Å².